The average Bonchev–Trinajstić information content (AvgIpc) is 3.55. The Morgan fingerprint density at radius 3 is 1.80 bits per heavy atom. The highest BCUT2D eigenvalue weighted by Gasteiger charge is 2.53. The third-order valence-corrected chi connectivity index (χ3v) is 9.88. The summed E-state index contributed by atoms with van der Waals surface area (Å²) in [6.07, 6.45) is -0.0780. The van der Waals surface area contributed by atoms with Crippen LogP contribution in [0.1, 0.15) is 50.8 Å². The summed E-state index contributed by atoms with van der Waals surface area (Å²) in [6.45, 7) is 6.69. The Labute approximate surface area is 374 Å². The first-order valence-corrected chi connectivity index (χ1v) is 21.0. The number of rotatable bonds is 25. The van der Waals surface area contributed by atoms with Crippen molar-refractivity contribution in [3.63, 3.8) is 0 Å². The number of ether oxygens (including phenoxy) is 9. The number of carbonyl (C=O) groups is 3. The molecule has 0 saturated carbocycles. The number of thiocarbonyl (C=S) groups is 1. The molecule has 0 fully saturated rings. The molecule has 17 nitrogen and oxygen atoms in total. The van der Waals surface area contributed by atoms with Crippen molar-refractivity contribution in [3.05, 3.63) is 106 Å². The van der Waals surface area contributed by atoms with Gasteiger partial charge in [-0.3, -0.25) is 9.59 Å². The number of carbonyl (C=O) groups excluding carboxylic acids is 3. The van der Waals surface area contributed by atoms with Gasteiger partial charge in [0.2, 0.25) is 0 Å². The largest absolute Gasteiger partial charge is 0.508 e. The van der Waals surface area contributed by atoms with Gasteiger partial charge in [-0.2, -0.15) is 0 Å². The van der Waals surface area contributed by atoms with E-state index >= 15 is 0 Å². The lowest BCUT2D eigenvalue weighted by molar-refractivity contribution is -0.135. The number of nitrogens with one attached hydrogen (secondary N) is 3. The molecule has 0 radical (unpaired) electrons. The van der Waals surface area contributed by atoms with Gasteiger partial charge in [0.05, 0.1) is 91.3 Å². The normalized spacial score (nSPS) is 13.0. The van der Waals surface area contributed by atoms with Gasteiger partial charge >= 0.3 is 11.9 Å². The highest BCUT2D eigenvalue weighted by Crippen LogP contribution is 2.57. The van der Waals surface area contributed by atoms with Gasteiger partial charge in [0.1, 0.15) is 23.0 Å². The van der Waals surface area contributed by atoms with E-state index in [9.17, 15) is 29.0 Å². The van der Waals surface area contributed by atoms with Gasteiger partial charge < -0.3 is 68.8 Å². The van der Waals surface area contributed by atoms with Crippen molar-refractivity contribution in [1.82, 2.24) is 10.6 Å². The minimum Gasteiger partial charge on any atom is -0.508 e. The fraction of sp³-hybridized carbons (Fsp3) is 0.378. The smallest absolute Gasteiger partial charge is 0.340 e. The predicted molar refractivity (Wildman–Crippen MR) is 232 cm³/mol. The summed E-state index contributed by atoms with van der Waals surface area (Å²) < 4.78 is 64.2. The number of esters is 2. The van der Waals surface area contributed by atoms with E-state index in [1.165, 1.54) is 36.4 Å². The van der Waals surface area contributed by atoms with Gasteiger partial charge in [-0.25, -0.2) is 9.18 Å². The van der Waals surface area contributed by atoms with Crippen LogP contribution in [0.25, 0.3) is 0 Å². The van der Waals surface area contributed by atoms with Crippen molar-refractivity contribution in [2.45, 2.75) is 18.9 Å². The Balaban J connectivity index is 0.741. The van der Waals surface area contributed by atoms with Crippen molar-refractivity contribution in [3.8, 4) is 28.7 Å². The molecule has 0 aliphatic carbocycles. The van der Waals surface area contributed by atoms with Crippen LogP contribution in [0.2, 0.25) is 0 Å². The molecule has 6 rings (SSSR count). The van der Waals surface area contributed by atoms with Crippen LogP contribution in [-0.2, 0) is 43.6 Å². The maximum absolute atomic E-state index is 14.2. The number of anilines is 1. The number of hydrogen-bond donors (Lipinski definition) is 5. The number of aromatic hydroxyl groups is 2. The molecule has 0 saturated heterocycles. The minimum atomic E-state index is -1.35. The molecule has 2 heterocycles. The molecule has 2 aliphatic heterocycles. The van der Waals surface area contributed by atoms with E-state index in [0.717, 1.165) is 6.07 Å². The molecule has 2 aliphatic rings. The topological polar surface area (TPSA) is 211 Å². The molecule has 1 spiro atoms. The fourth-order valence-corrected chi connectivity index (χ4v) is 6.93. The molecule has 0 aromatic heterocycles. The zero-order chi connectivity index (χ0) is 45.3. The van der Waals surface area contributed by atoms with Crippen molar-refractivity contribution in [2.75, 3.05) is 97.7 Å². The number of halogens is 1. The third-order valence-electron chi connectivity index (χ3n) is 9.63. The SMILES string of the molecule is CCNC(=O)c1ccc(OC(=O)CCOCCOCCOCCOCCOCCOCCNC(=S)Nc2ccc3c(c2)C(=O)OC32c3ccc(O)cc3Oc3cc(O)ccc32)c(F)c1. The van der Waals surface area contributed by atoms with E-state index < -0.39 is 29.3 Å². The summed E-state index contributed by atoms with van der Waals surface area (Å²) in [6, 6.07) is 18.1. The summed E-state index contributed by atoms with van der Waals surface area (Å²) in [4.78, 5) is 37.1. The first-order valence-electron chi connectivity index (χ1n) is 20.6. The highest BCUT2D eigenvalue weighted by molar-refractivity contribution is 7.80. The van der Waals surface area contributed by atoms with Gasteiger partial charge in [0, 0.05) is 53.2 Å². The molecule has 5 N–H and O–H groups in total. The van der Waals surface area contributed by atoms with Crippen LogP contribution >= 0.6 is 12.2 Å². The lowest BCUT2D eigenvalue weighted by atomic mass is 9.77. The third kappa shape index (κ3) is 12.6. The molecular weight excluding hydrogens is 858 g/mol. The number of phenols is 2. The quantitative estimate of drug-likeness (QED) is 0.0258. The Bertz CT molecular complexity index is 2210. The summed E-state index contributed by atoms with van der Waals surface area (Å²) >= 11 is 5.46. The van der Waals surface area contributed by atoms with Crippen LogP contribution in [-0.4, -0.2) is 126 Å². The molecule has 342 valence electrons. The molecule has 4 aromatic carbocycles. The minimum absolute atomic E-state index is 0.0221. The van der Waals surface area contributed by atoms with Crippen molar-refractivity contribution < 1.29 is 71.6 Å². The highest BCUT2D eigenvalue weighted by atomic mass is 32.1. The molecule has 4 aromatic rings. The zero-order valence-electron chi connectivity index (χ0n) is 35.1. The van der Waals surface area contributed by atoms with E-state index in [4.69, 9.17) is 54.8 Å². The number of benzene rings is 4. The molecular formula is C45H50FN3O14S. The van der Waals surface area contributed by atoms with Crippen molar-refractivity contribution in [2.24, 2.45) is 0 Å². The van der Waals surface area contributed by atoms with Crippen LogP contribution < -0.4 is 25.4 Å². The lowest BCUT2D eigenvalue weighted by Gasteiger charge is -2.36. The zero-order valence-corrected chi connectivity index (χ0v) is 35.9. The standard InChI is InChI=1S/C45H50FN3O14S/c1-2-47-42(53)29-3-10-38(37(46)25-29)62-41(52)11-13-55-15-17-57-19-21-59-23-24-60-22-20-58-18-16-56-14-12-48-44(64)49-30-4-7-34-33(26-30)43(54)63-45(34)35-8-5-31(50)27-39(35)61-40-28-32(51)6-9-36(40)45/h3-10,25-28,50-51H,2,11-24H2,1H3,(H,47,53)(H2,48,49,64). The predicted octanol–water partition coefficient (Wildman–Crippen LogP) is 4.94. The Kier molecular flexibility index (Phi) is 17.6. The van der Waals surface area contributed by atoms with Gasteiger partial charge in [-0.15, -0.1) is 0 Å². The van der Waals surface area contributed by atoms with Crippen LogP contribution in [0.5, 0.6) is 28.7 Å². The van der Waals surface area contributed by atoms with E-state index in [-0.39, 0.29) is 42.4 Å². The van der Waals surface area contributed by atoms with Crippen LogP contribution in [0.4, 0.5) is 10.1 Å². The van der Waals surface area contributed by atoms with Crippen molar-refractivity contribution >= 4 is 40.9 Å². The Hall–Kier alpha value is -5.93. The van der Waals surface area contributed by atoms with Gasteiger partial charge in [-0.05, 0) is 73.7 Å². The van der Waals surface area contributed by atoms with E-state index in [1.807, 2.05) is 0 Å². The van der Waals surface area contributed by atoms with Crippen LogP contribution in [0.15, 0.2) is 72.8 Å². The van der Waals surface area contributed by atoms with Gasteiger partial charge in [0.25, 0.3) is 5.91 Å². The van der Waals surface area contributed by atoms with E-state index in [2.05, 4.69) is 16.0 Å². The van der Waals surface area contributed by atoms with Crippen molar-refractivity contribution in [1.29, 1.82) is 0 Å². The Morgan fingerprint density at radius 2 is 1.23 bits per heavy atom. The van der Waals surface area contributed by atoms with Gasteiger partial charge in [0.15, 0.2) is 22.3 Å². The molecule has 0 atom stereocenters. The van der Waals surface area contributed by atoms with Crippen LogP contribution in [0, 0.1) is 5.82 Å². The molecule has 64 heavy (non-hydrogen) atoms. The maximum atomic E-state index is 14.2. The summed E-state index contributed by atoms with van der Waals surface area (Å²) in [5.74, 6) is -2.13. The first kappa shape index (κ1) is 47.5. The second-order valence-electron chi connectivity index (χ2n) is 14.1. The first-order chi connectivity index (χ1) is 31.1. The summed E-state index contributed by atoms with van der Waals surface area (Å²) in [5.41, 5.74) is 1.35. The van der Waals surface area contributed by atoms with Gasteiger partial charge in [-0.1, -0.05) is 6.07 Å². The molecule has 19 heteroatoms. The molecule has 1 amide bonds. The number of fused-ring (bicyclic) bond motifs is 6. The number of phenolic OH excluding ortho intramolecular Hbond substituents is 2. The summed E-state index contributed by atoms with van der Waals surface area (Å²) in [7, 11) is 0. The second kappa shape index (κ2) is 23.7. The Morgan fingerprint density at radius 1 is 0.688 bits per heavy atom. The number of hydrogen-bond acceptors (Lipinski definition) is 15. The second-order valence-corrected chi connectivity index (χ2v) is 14.5. The monoisotopic (exact) mass is 907 g/mol. The van der Waals surface area contributed by atoms with E-state index in [1.54, 1.807) is 37.3 Å². The van der Waals surface area contributed by atoms with E-state index in [0.29, 0.717) is 124 Å². The fourth-order valence-electron chi connectivity index (χ4n) is 6.71. The molecule has 0 unspecified atom stereocenters. The number of amides is 1. The lowest BCUT2D eigenvalue weighted by Crippen LogP contribution is -2.33. The average molecular weight is 908 g/mol. The maximum Gasteiger partial charge on any atom is 0.340 e. The van der Waals surface area contributed by atoms with Crippen LogP contribution in [0.3, 0.4) is 0 Å². The molecule has 0 bridgehead atoms. The summed E-state index contributed by atoms with van der Waals surface area (Å²) in [5, 5.41) is 29.3.